The highest BCUT2D eigenvalue weighted by atomic mass is 16.3. The van der Waals surface area contributed by atoms with Crippen LogP contribution in [0.4, 0.5) is 0 Å². The number of rotatable bonds is 13. The SMILES string of the molecule is CCCCCCCCCCC(CC)C(O)C(C)CC. The van der Waals surface area contributed by atoms with Crippen LogP contribution in [0.2, 0.25) is 0 Å². The fraction of sp³-hybridized carbons (Fsp3) is 1.00. The van der Waals surface area contributed by atoms with Crippen molar-refractivity contribution in [1.29, 1.82) is 0 Å². The average molecular weight is 271 g/mol. The molecule has 0 aliphatic carbocycles. The van der Waals surface area contributed by atoms with Crippen LogP contribution in [0.3, 0.4) is 0 Å². The predicted molar refractivity (Wildman–Crippen MR) is 86.5 cm³/mol. The molecule has 0 aromatic heterocycles. The maximum Gasteiger partial charge on any atom is 0.0593 e. The lowest BCUT2D eigenvalue weighted by molar-refractivity contribution is 0.0486. The van der Waals surface area contributed by atoms with Crippen LogP contribution in [0, 0.1) is 11.8 Å². The lowest BCUT2D eigenvalue weighted by atomic mass is 9.85. The molecule has 3 atom stereocenters. The van der Waals surface area contributed by atoms with Crippen molar-refractivity contribution in [2.24, 2.45) is 11.8 Å². The molecule has 0 saturated heterocycles. The summed E-state index contributed by atoms with van der Waals surface area (Å²) < 4.78 is 0. The van der Waals surface area contributed by atoms with Gasteiger partial charge in [-0.2, -0.15) is 0 Å². The molecule has 0 aliphatic heterocycles. The van der Waals surface area contributed by atoms with Gasteiger partial charge >= 0.3 is 0 Å². The molecule has 1 heteroatoms. The van der Waals surface area contributed by atoms with Gasteiger partial charge in [0.15, 0.2) is 0 Å². The molecule has 0 aliphatic rings. The smallest absolute Gasteiger partial charge is 0.0593 e. The van der Waals surface area contributed by atoms with E-state index in [2.05, 4.69) is 27.7 Å². The molecule has 0 saturated carbocycles. The Kier molecular flexibility index (Phi) is 12.9. The molecule has 3 unspecified atom stereocenters. The van der Waals surface area contributed by atoms with E-state index in [1.807, 2.05) is 0 Å². The molecule has 116 valence electrons. The first kappa shape index (κ1) is 19.0. The van der Waals surface area contributed by atoms with Crippen LogP contribution in [0.5, 0.6) is 0 Å². The summed E-state index contributed by atoms with van der Waals surface area (Å²) in [6.07, 6.45) is 14.4. The van der Waals surface area contributed by atoms with Crippen molar-refractivity contribution >= 4 is 0 Å². The van der Waals surface area contributed by atoms with Gasteiger partial charge in [0.1, 0.15) is 0 Å². The van der Waals surface area contributed by atoms with Gasteiger partial charge in [0.2, 0.25) is 0 Å². The van der Waals surface area contributed by atoms with E-state index in [0.717, 1.165) is 12.8 Å². The first-order valence-corrected chi connectivity index (χ1v) is 8.85. The van der Waals surface area contributed by atoms with E-state index in [4.69, 9.17) is 0 Å². The second-order valence-corrected chi connectivity index (χ2v) is 6.31. The zero-order chi connectivity index (χ0) is 14.5. The Balaban J connectivity index is 3.56. The summed E-state index contributed by atoms with van der Waals surface area (Å²) in [6.45, 7) is 8.85. The zero-order valence-corrected chi connectivity index (χ0v) is 14.0. The van der Waals surface area contributed by atoms with Crippen molar-refractivity contribution in [3.63, 3.8) is 0 Å². The summed E-state index contributed by atoms with van der Waals surface area (Å²) >= 11 is 0. The minimum absolute atomic E-state index is 0.0837. The maximum absolute atomic E-state index is 10.3. The highest BCUT2D eigenvalue weighted by molar-refractivity contribution is 4.72. The molecular formula is C18H38O. The molecule has 0 fully saturated rings. The lowest BCUT2D eigenvalue weighted by Gasteiger charge is -2.26. The van der Waals surface area contributed by atoms with Crippen molar-refractivity contribution in [2.45, 2.75) is 104 Å². The molecule has 0 rings (SSSR count). The Morgan fingerprint density at radius 1 is 0.737 bits per heavy atom. The highest BCUT2D eigenvalue weighted by Crippen LogP contribution is 2.24. The van der Waals surface area contributed by atoms with E-state index in [0.29, 0.717) is 11.8 Å². The Labute approximate surface area is 122 Å². The number of hydrogen-bond donors (Lipinski definition) is 1. The van der Waals surface area contributed by atoms with Gasteiger partial charge in [0.05, 0.1) is 6.10 Å². The van der Waals surface area contributed by atoms with Crippen molar-refractivity contribution in [2.75, 3.05) is 0 Å². The molecule has 0 aromatic carbocycles. The molecule has 19 heavy (non-hydrogen) atoms. The topological polar surface area (TPSA) is 20.2 Å². The van der Waals surface area contributed by atoms with E-state index in [1.54, 1.807) is 0 Å². The van der Waals surface area contributed by atoms with E-state index in [1.165, 1.54) is 57.8 Å². The van der Waals surface area contributed by atoms with Gasteiger partial charge in [-0.3, -0.25) is 0 Å². The van der Waals surface area contributed by atoms with Gasteiger partial charge in [-0.05, 0) is 18.3 Å². The molecule has 0 radical (unpaired) electrons. The third-order valence-corrected chi connectivity index (χ3v) is 4.66. The van der Waals surface area contributed by atoms with Crippen LogP contribution in [0.1, 0.15) is 98.3 Å². The van der Waals surface area contributed by atoms with Gasteiger partial charge in [0.25, 0.3) is 0 Å². The third kappa shape index (κ3) is 9.49. The largest absolute Gasteiger partial charge is 0.393 e. The maximum atomic E-state index is 10.3. The Morgan fingerprint density at radius 2 is 1.26 bits per heavy atom. The third-order valence-electron chi connectivity index (χ3n) is 4.66. The van der Waals surface area contributed by atoms with Gasteiger partial charge in [-0.1, -0.05) is 91.9 Å². The van der Waals surface area contributed by atoms with Crippen molar-refractivity contribution in [1.82, 2.24) is 0 Å². The number of aliphatic hydroxyl groups excluding tert-OH is 1. The summed E-state index contributed by atoms with van der Waals surface area (Å²) in [4.78, 5) is 0. The normalized spacial score (nSPS) is 16.3. The summed E-state index contributed by atoms with van der Waals surface area (Å²) in [7, 11) is 0. The van der Waals surface area contributed by atoms with E-state index >= 15 is 0 Å². The minimum Gasteiger partial charge on any atom is -0.393 e. The molecule has 1 N–H and O–H groups in total. The lowest BCUT2D eigenvalue weighted by Crippen LogP contribution is -2.26. The summed E-state index contributed by atoms with van der Waals surface area (Å²) in [5.74, 6) is 0.981. The molecule has 0 spiro atoms. The first-order chi connectivity index (χ1) is 9.17. The van der Waals surface area contributed by atoms with Crippen molar-refractivity contribution in [3.05, 3.63) is 0 Å². The van der Waals surface area contributed by atoms with Crippen LogP contribution in [0.25, 0.3) is 0 Å². The van der Waals surface area contributed by atoms with E-state index < -0.39 is 0 Å². The quantitative estimate of drug-likeness (QED) is 0.410. The molecule has 0 amide bonds. The van der Waals surface area contributed by atoms with Crippen LogP contribution >= 0.6 is 0 Å². The molecule has 1 nitrogen and oxygen atoms in total. The Hall–Kier alpha value is -0.0400. The number of hydrogen-bond acceptors (Lipinski definition) is 1. The Bertz CT molecular complexity index is 179. The minimum atomic E-state index is -0.0837. The second kappa shape index (κ2) is 13.0. The van der Waals surface area contributed by atoms with Crippen LogP contribution in [-0.4, -0.2) is 11.2 Å². The average Bonchev–Trinajstić information content (AvgIpc) is 2.44. The number of unbranched alkanes of at least 4 members (excludes halogenated alkanes) is 7. The summed E-state index contributed by atoms with van der Waals surface area (Å²) in [5, 5.41) is 10.3. The number of aliphatic hydroxyl groups is 1. The van der Waals surface area contributed by atoms with Crippen molar-refractivity contribution < 1.29 is 5.11 Å². The van der Waals surface area contributed by atoms with Crippen LogP contribution in [0.15, 0.2) is 0 Å². The van der Waals surface area contributed by atoms with Crippen molar-refractivity contribution in [3.8, 4) is 0 Å². The van der Waals surface area contributed by atoms with E-state index in [-0.39, 0.29) is 6.10 Å². The Morgan fingerprint density at radius 3 is 1.74 bits per heavy atom. The molecule has 0 bridgehead atoms. The standard InChI is InChI=1S/C18H38O/c1-5-8-9-10-11-12-13-14-15-17(7-3)18(19)16(4)6-2/h16-19H,5-15H2,1-4H3. The molecule has 0 aromatic rings. The fourth-order valence-corrected chi connectivity index (χ4v) is 2.86. The van der Waals surface area contributed by atoms with E-state index in [9.17, 15) is 5.11 Å². The zero-order valence-electron chi connectivity index (χ0n) is 14.0. The summed E-state index contributed by atoms with van der Waals surface area (Å²) in [6, 6.07) is 0. The molecular weight excluding hydrogens is 232 g/mol. The molecule has 0 heterocycles. The van der Waals surface area contributed by atoms with Gasteiger partial charge in [-0.25, -0.2) is 0 Å². The van der Waals surface area contributed by atoms with Crippen LogP contribution in [-0.2, 0) is 0 Å². The van der Waals surface area contributed by atoms with Gasteiger partial charge in [-0.15, -0.1) is 0 Å². The first-order valence-electron chi connectivity index (χ1n) is 8.85. The van der Waals surface area contributed by atoms with Gasteiger partial charge in [0, 0.05) is 0 Å². The van der Waals surface area contributed by atoms with Gasteiger partial charge < -0.3 is 5.11 Å². The van der Waals surface area contributed by atoms with Crippen LogP contribution < -0.4 is 0 Å². The predicted octanol–water partition coefficient (Wildman–Crippen LogP) is 5.95. The fourth-order valence-electron chi connectivity index (χ4n) is 2.86. The monoisotopic (exact) mass is 270 g/mol. The summed E-state index contributed by atoms with van der Waals surface area (Å²) in [5.41, 5.74) is 0. The second-order valence-electron chi connectivity index (χ2n) is 6.31. The highest BCUT2D eigenvalue weighted by Gasteiger charge is 2.21.